The molecular formula is C22H24BrClN2O2S2. The van der Waals surface area contributed by atoms with Crippen LogP contribution in [0.15, 0.2) is 58.4 Å². The van der Waals surface area contributed by atoms with Gasteiger partial charge >= 0.3 is 0 Å². The van der Waals surface area contributed by atoms with Crippen LogP contribution in [0.5, 0.6) is 0 Å². The van der Waals surface area contributed by atoms with Crippen molar-refractivity contribution in [2.75, 3.05) is 18.0 Å². The maximum Gasteiger partial charge on any atom is 0.185 e. The zero-order valence-electron chi connectivity index (χ0n) is 16.7. The van der Waals surface area contributed by atoms with E-state index in [1.54, 1.807) is 36.5 Å². The molecule has 2 aliphatic rings. The van der Waals surface area contributed by atoms with Gasteiger partial charge in [-0.15, -0.1) is 22.9 Å². The number of nitrogens with zero attached hydrogens (tertiary/aromatic N) is 2. The lowest BCUT2D eigenvalue weighted by atomic mass is 10.0. The average molecular weight is 528 g/mol. The number of sulfone groups is 1. The van der Waals surface area contributed by atoms with Crippen LogP contribution in [-0.4, -0.2) is 41.9 Å². The first-order valence-electron chi connectivity index (χ1n) is 9.97. The van der Waals surface area contributed by atoms with Crippen LogP contribution in [0.4, 0.5) is 5.13 Å². The molecule has 160 valence electrons. The third kappa shape index (κ3) is 4.69. The molecule has 0 radical (unpaired) electrons. The smallest absolute Gasteiger partial charge is 0.185 e. The monoisotopic (exact) mass is 526 g/mol. The van der Waals surface area contributed by atoms with Crippen molar-refractivity contribution in [2.45, 2.75) is 41.6 Å². The number of benzene rings is 1. The molecule has 1 aromatic heterocycles. The van der Waals surface area contributed by atoms with Crippen molar-refractivity contribution in [3.63, 3.8) is 0 Å². The van der Waals surface area contributed by atoms with E-state index in [4.69, 9.17) is 16.6 Å². The highest BCUT2D eigenvalue weighted by molar-refractivity contribution is 9.10. The van der Waals surface area contributed by atoms with Crippen molar-refractivity contribution in [1.82, 2.24) is 4.98 Å². The van der Waals surface area contributed by atoms with Crippen molar-refractivity contribution in [3.05, 3.63) is 69.7 Å². The number of anilines is 1. The van der Waals surface area contributed by atoms with Crippen molar-refractivity contribution in [2.24, 2.45) is 0 Å². The van der Waals surface area contributed by atoms with Crippen LogP contribution in [0.3, 0.4) is 0 Å². The van der Waals surface area contributed by atoms with E-state index in [1.807, 2.05) is 18.2 Å². The van der Waals surface area contributed by atoms with Crippen molar-refractivity contribution < 1.29 is 8.42 Å². The molecule has 0 N–H and O–H groups in total. The Labute approximate surface area is 195 Å². The lowest BCUT2D eigenvalue weighted by Gasteiger charge is -2.36. The number of alkyl halides is 1. The third-order valence-electron chi connectivity index (χ3n) is 5.72. The van der Waals surface area contributed by atoms with Crippen LogP contribution < -0.4 is 4.90 Å². The second kappa shape index (κ2) is 8.77. The number of rotatable bonds is 5. The van der Waals surface area contributed by atoms with Gasteiger partial charge in [0.05, 0.1) is 15.8 Å². The molecule has 0 spiro atoms. The molecule has 4 rings (SSSR count). The summed E-state index contributed by atoms with van der Waals surface area (Å²) in [5.41, 5.74) is 2.25. The molecule has 0 saturated carbocycles. The topological polar surface area (TPSA) is 50.3 Å². The molecule has 0 bridgehead atoms. The summed E-state index contributed by atoms with van der Waals surface area (Å²) in [5.74, 6) is 0. The Morgan fingerprint density at radius 2 is 2.07 bits per heavy atom. The predicted octanol–water partition coefficient (Wildman–Crippen LogP) is 5.37. The Bertz CT molecular complexity index is 1070. The maximum absolute atomic E-state index is 13.2. The number of halogens is 2. The van der Waals surface area contributed by atoms with Gasteiger partial charge in [-0.05, 0) is 37.5 Å². The lowest BCUT2D eigenvalue weighted by molar-refractivity contribution is 0.518. The molecule has 0 amide bonds. The minimum atomic E-state index is -3.36. The fraction of sp³-hybridized carbons (Fsp3) is 0.409. The Balaban J connectivity index is 1.40. The Morgan fingerprint density at radius 3 is 2.77 bits per heavy atom. The molecule has 2 aromatic rings. The minimum absolute atomic E-state index is 0.367. The Hall–Kier alpha value is -1.15. The van der Waals surface area contributed by atoms with Crippen LogP contribution in [-0.2, 0) is 16.3 Å². The van der Waals surface area contributed by atoms with Gasteiger partial charge in [-0.1, -0.05) is 52.4 Å². The first kappa shape index (κ1) is 22.1. The van der Waals surface area contributed by atoms with Gasteiger partial charge in [-0.2, -0.15) is 0 Å². The fourth-order valence-corrected chi connectivity index (χ4v) is 8.24. The van der Waals surface area contributed by atoms with Gasteiger partial charge in [0.2, 0.25) is 0 Å². The SMILES string of the molecule is CC1(Cl)C=CC=CC1S(=O)(=O)C1CCN(c2nc(Cc3cccc(Br)c3)cs2)CC1. The second-order valence-corrected chi connectivity index (χ2v) is 12.9. The van der Waals surface area contributed by atoms with E-state index in [2.05, 4.69) is 38.3 Å². The van der Waals surface area contributed by atoms with Crippen LogP contribution >= 0.6 is 38.9 Å². The standard InChI is InChI=1S/C22H24BrClN2O2S2/c1-22(24)10-3-2-7-20(22)30(27,28)19-8-11-26(12-9-19)21-25-18(15-29-21)14-16-5-4-6-17(23)13-16/h2-7,10,13,15,19-20H,8-9,11-12,14H2,1H3. The van der Waals surface area contributed by atoms with Crippen molar-refractivity contribution >= 4 is 53.8 Å². The van der Waals surface area contributed by atoms with Gasteiger partial charge in [0.25, 0.3) is 0 Å². The number of aromatic nitrogens is 1. The largest absolute Gasteiger partial charge is 0.348 e. The molecule has 2 heterocycles. The number of hydrogen-bond acceptors (Lipinski definition) is 5. The first-order chi connectivity index (χ1) is 14.3. The molecule has 8 heteroatoms. The quantitative estimate of drug-likeness (QED) is 0.490. The summed E-state index contributed by atoms with van der Waals surface area (Å²) < 4.78 is 27.5. The molecule has 1 aromatic carbocycles. The number of hydrogen-bond donors (Lipinski definition) is 0. The van der Waals surface area contributed by atoms with Crippen LogP contribution in [0.1, 0.15) is 31.0 Å². The van der Waals surface area contributed by atoms with E-state index in [9.17, 15) is 8.42 Å². The van der Waals surface area contributed by atoms with E-state index in [0.29, 0.717) is 25.9 Å². The third-order valence-corrected chi connectivity index (χ3v) is 10.4. The van der Waals surface area contributed by atoms with Crippen molar-refractivity contribution in [1.29, 1.82) is 0 Å². The zero-order chi connectivity index (χ0) is 21.4. The normalized spacial score (nSPS) is 25.0. The molecule has 30 heavy (non-hydrogen) atoms. The Morgan fingerprint density at radius 1 is 1.30 bits per heavy atom. The maximum atomic E-state index is 13.2. The second-order valence-electron chi connectivity index (χ2n) is 8.02. The molecule has 4 nitrogen and oxygen atoms in total. The van der Waals surface area contributed by atoms with Crippen LogP contribution in [0.2, 0.25) is 0 Å². The predicted molar refractivity (Wildman–Crippen MR) is 130 cm³/mol. The molecule has 2 unspecified atom stereocenters. The first-order valence-corrected chi connectivity index (χ1v) is 13.6. The lowest BCUT2D eigenvalue weighted by Crippen LogP contribution is -2.47. The Kier molecular flexibility index (Phi) is 6.45. The van der Waals surface area contributed by atoms with E-state index in [0.717, 1.165) is 21.7 Å². The summed E-state index contributed by atoms with van der Waals surface area (Å²) in [6.45, 7) is 3.16. The summed E-state index contributed by atoms with van der Waals surface area (Å²) in [4.78, 5) is 6.12. The summed E-state index contributed by atoms with van der Waals surface area (Å²) >= 11 is 11.6. The van der Waals surface area contributed by atoms with Gasteiger partial charge in [0.15, 0.2) is 15.0 Å². The number of piperidine rings is 1. The number of allylic oxidation sites excluding steroid dienone is 3. The van der Waals surface area contributed by atoms with Gasteiger partial charge in [0, 0.05) is 29.4 Å². The van der Waals surface area contributed by atoms with Crippen molar-refractivity contribution in [3.8, 4) is 0 Å². The molecule has 1 fully saturated rings. The van der Waals surface area contributed by atoms with Gasteiger partial charge in [-0.25, -0.2) is 13.4 Å². The van der Waals surface area contributed by atoms with Crippen LogP contribution in [0.25, 0.3) is 0 Å². The number of thiazole rings is 1. The van der Waals surface area contributed by atoms with E-state index >= 15 is 0 Å². The minimum Gasteiger partial charge on any atom is -0.348 e. The van der Waals surface area contributed by atoms with Gasteiger partial charge in [-0.3, -0.25) is 0 Å². The highest BCUT2D eigenvalue weighted by atomic mass is 79.9. The highest BCUT2D eigenvalue weighted by Gasteiger charge is 2.44. The molecule has 1 aliphatic heterocycles. The molecule has 1 saturated heterocycles. The van der Waals surface area contributed by atoms with Crippen LogP contribution in [0, 0.1) is 0 Å². The molecular weight excluding hydrogens is 504 g/mol. The summed E-state index contributed by atoms with van der Waals surface area (Å²) in [6, 6.07) is 8.25. The van der Waals surface area contributed by atoms with E-state index in [1.165, 1.54) is 5.56 Å². The molecule has 2 atom stereocenters. The van der Waals surface area contributed by atoms with Gasteiger partial charge in [0.1, 0.15) is 5.25 Å². The van der Waals surface area contributed by atoms with E-state index < -0.39 is 20.0 Å². The molecule has 1 aliphatic carbocycles. The summed E-state index contributed by atoms with van der Waals surface area (Å²) in [7, 11) is -3.36. The summed E-state index contributed by atoms with van der Waals surface area (Å²) in [6.07, 6.45) is 9.09. The average Bonchev–Trinajstić information content (AvgIpc) is 3.16. The summed E-state index contributed by atoms with van der Waals surface area (Å²) in [5, 5.41) is 2.02. The fourth-order valence-electron chi connectivity index (χ4n) is 4.08. The van der Waals surface area contributed by atoms with Gasteiger partial charge < -0.3 is 4.90 Å². The van der Waals surface area contributed by atoms with E-state index in [-0.39, 0.29) is 5.25 Å². The highest BCUT2D eigenvalue weighted by Crippen LogP contribution is 2.36. The zero-order valence-corrected chi connectivity index (χ0v) is 20.6.